The molecule has 6 rings (SSSR count). The molecule has 0 saturated heterocycles. The zero-order chi connectivity index (χ0) is 23.9. The second kappa shape index (κ2) is 8.25. The molecule has 1 aliphatic heterocycles. The Labute approximate surface area is 201 Å². The molecule has 6 heteroatoms. The molecule has 170 valence electrons. The molecule has 1 atom stereocenters. The third-order valence-corrected chi connectivity index (χ3v) is 6.50. The van der Waals surface area contributed by atoms with Crippen LogP contribution in [-0.2, 0) is 0 Å². The van der Waals surface area contributed by atoms with Crippen molar-refractivity contribution in [2.75, 3.05) is 0 Å². The van der Waals surface area contributed by atoms with Gasteiger partial charge in [0.25, 0.3) is 11.8 Å². The van der Waals surface area contributed by atoms with E-state index in [0.29, 0.717) is 16.6 Å². The van der Waals surface area contributed by atoms with E-state index >= 15 is 0 Å². The van der Waals surface area contributed by atoms with E-state index in [1.54, 1.807) is 18.3 Å². The molecule has 4 aromatic carbocycles. The van der Waals surface area contributed by atoms with E-state index in [1.807, 2.05) is 61.5 Å². The minimum absolute atomic E-state index is 0.223. The van der Waals surface area contributed by atoms with Gasteiger partial charge in [0.1, 0.15) is 0 Å². The number of nitrogens with zero attached hydrogens (tertiary/aromatic N) is 1. The summed E-state index contributed by atoms with van der Waals surface area (Å²) < 4.78 is 0. The van der Waals surface area contributed by atoms with Crippen LogP contribution in [0.25, 0.3) is 32.9 Å². The number of carbonyl (C=O) groups is 2. The summed E-state index contributed by atoms with van der Waals surface area (Å²) in [6.45, 7) is 1.97. The van der Waals surface area contributed by atoms with Crippen molar-refractivity contribution in [3.8, 4) is 11.3 Å². The average Bonchev–Trinajstić information content (AvgIpc) is 3.17. The van der Waals surface area contributed by atoms with Gasteiger partial charge in [-0.05, 0) is 41.0 Å². The summed E-state index contributed by atoms with van der Waals surface area (Å²) in [7, 11) is 0. The third kappa shape index (κ3) is 3.56. The van der Waals surface area contributed by atoms with E-state index in [4.69, 9.17) is 0 Å². The predicted octanol–water partition coefficient (Wildman–Crippen LogP) is 5.56. The highest BCUT2D eigenvalue weighted by molar-refractivity contribution is 6.18. The molecule has 1 aliphatic rings. The van der Waals surface area contributed by atoms with Crippen molar-refractivity contribution in [3.05, 3.63) is 107 Å². The Morgan fingerprint density at radius 1 is 0.943 bits per heavy atom. The molecule has 35 heavy (non-hydrogen) atoms. The quantitative estimate of drug-likeness (QED) is 0.329. The minimum Gasteiger partial charge on any atom is -0.354 e. The van der Waals surface area contributed by atoms with E-state index < -0.39 is 0 Å². The lowest BCUT2D eigenvalue weighted by Gasteiger charge is -2.17. The second-order valence-electron chi connectivity index (χ2n) is 8.69. The van der Waals surface area contributed by atoms with Crippen LogP contribution in [0.4, 0.5) is 0 Å². The van der Waals surface area contributed by atoms with E-state index in [9.17, 15) is 9.59 Å². The summed E-state index contributed by atoms with van der Waals surface area (Å²) >= 11 is 0. The average molecular weight is 459 g/mol. The number of hydrazone groups is 1. The van der Waals surface area contributed by atoms with E-state index in [2.05, 4.69) is 39.0 Å². The SMILES string of the molecule is C[C@@H](NC(=O)c1cc2c3c(c(-c4ccccc4)[nH]c3c1)C=NNC2=O)c1cccc2ccccc12. The highest BCUT2D eigenvalue weighted by Gasteiger charge is 2.24. The molecule has 2 heterocycles. The number of nitrogens with one attached hydrogen (secondary N) is 3. The Kier molecular flexibility index (Phi) is 4.92. The molecular formula is C29H22N4O2. The lowest BCUT2D eigenvalue weighted by Crippen LogP contribution is -2.27. The molecule has 1 aromatic heterocycles. The molecular weight excluding hydrogens is 436 g/mol. The maximum Gasteiger partial charge on any atom is 0.272 e. The van der Waals surface area contributed by atoms with Crippen molar-refractivity contribution in [1.29, 1.82) is 0 Å². The van der Waals surface area contributed by atoms with Crippen molar-refractivity contribution in [2.45, 2.75) is 13.0 Å². The van der Waals surface area contributed by atoms with Crippen molar-refractivity contribution < 1.29 is 9.59 Å². The van der Waals surface area contributed by atoms with Gasteiger partial charge in [0.05, 0.1) is 23.5 Å². The van der Waals surface area contributed by atoms with Crippen LogP contribution in [0.15, 0.2) is 90.0 Å². The zero-order valence-electron chi connectivity index (χ0n) is 19.0. The minimum atomic E-state index is -0.347. The molecule has 3 N–H and O–H groups in total. The number of amides is 2. The van der Waals surface area contributed by atoms with Crippen molar-refractivity contribution in [3.63, 3.8) is 0 Å². The van der Waals surface area contributed by atoms with Gasteiger partial charge in [0.15, 0.2) is 0 Å². The molecule has 0 unspecified atom stereocenters. The molecule has 6 nitrogen and oxygen atoms in total. The van der Waals surface area contributed by atoms with E-state index in [0.717, 1.165) is 38.5 Å². The summed E-state index contributed by atoms with van der Waals surface area (Å²) in [6.07, 6.45) is 1.65. The lowest BCUT2D eigenvalue weighted by molar-refractivity contribution is 0.0940. The first-order valence-electron chi connectivity index (χ1n) is 11.5. The fourth-order valence-corrected chi connectivity index (χ4v) is 4.83. The lowest BCUT2D eigenvalue weighted by atomic mass is 9.98. The van der Waals surface area contributed by atoms with Gasteiger partial charge in [-0.15, -0.1) is 0 Å². The number of carbonyl (C=O) groups excluding carboxylic acids is 2. The number of H-pyrrole nitrogens is 1. The maximum absolute atomic E-state index is 13.4. The van der Waals surface area contributed by atoms with Gasteiger partial charge < -0.3 is 10.3 Å². The predicted molar refractivity (Wildman–Crippen MR) is 139 cm³/mol. The van der Waals surface area contributed by atoms with Crippen molar-refractivity contribution in [2.24, 2.45) is 5.10 Å². The Hall–Kier alpha value is -4.71. The fraction of sp³-hybridized carbons (Fsp3) is 0.0690. The summed E-state index contributed by atoms with van der Waals surface area (Å²) in [5, 5.41) is 10.2. The molecule has 0 spiro atoms. The summed E-state index contributed by atoms with van der Waals surface area (Å²) in [4.78, 5) is 29.6. The molecule has 0 aliphatic carbocycles. The summed E-state index contributed by atoms with van der Waals surface area (Å²) in [5.41, 5.74) is 7.76. The first kappa shape index (κ1) is 20.9. The normalized spacial score (nSPS) is 13.5. The van der Waals surface area contributed by atoms with Crippen LogP contribution < -0.4 is 10.7 Å². The number of hydrogen-bond acceptors (Lipinski definition) is 3. The molecule has 2 amide bonds. The van der Waals surface area contributed by atoms with Crippen LogP contribution in [0.2, 0.25) is 0 Å². The first-order chi connectivity index (χ1) is 17.1. The van der Waals surface area contributed by atoms with Crippen molar-refractivity contribution in [1.82, 2.24) is 15.7 Å². The smallest absolute Gasteiger partial charge is 0.272 e. The molecule has 0 bridgehead atoms. The zero-order valence-corrected chi connectivity index (χ0v) is 19.0. The summed E-state index contributed by atoms with van der Waals surface area (Å²) in [5.74, 6) is -0.598. The topological polar surface area (TPSA) is 86.3 Å². The Balaban J connectivity index is 1.41. The largest absolute Gasteiger partial charge is 0.354 e. The van der Waals surface area contributed by atoms with Gasteiger partial charge in [0.2, 0.25) is 0 Å². The van der Waals surface area contributed by atoms with E-state index in [-0.39, 0.29) is 17.9 Å². The van der Waals surface area contributed by atoms with Crippen LogP contribution in [0.5, 0.6) is 0 Å². The molecule has 0 fully saturated rings. The molecule has 0 saturated carbocycles. The second-order valence-corrected chi connectivity index (χ2v) is 8.69. The summed E-state index contributed by atoms with van der Waals surface area (Å²) in [6, 6.07) is 27.3. The fourth-order valence-electron chi connectivity index (χ4n) is 4.83. The Morgan fingerprint density at radius 2 is 1.71 bits per heavy atom. The van der Waals surface area contributed by atoms with E-state index in [1.165, 1.54) is 0 Å². The standard InChI is InChI=1S/C29H22N4O2/c1-17(21-13-7-11-18-8-5-6-12-22(18)21)31-28(34)20-14-23-26-24(16-30-33-29(23)35)27(32-25(26)15-20)19-9-3-2-4-10-19/h2-17,32H,1H3,(H,31,34)(H,33,35)/t17-/m1/s1. The van der Waals surface area contributed by atoms with Crippen LogP contribution in [0, 0.1) is 0 Å². The van der Waals surface area contributed by atoms with Gasteiger partial charge in [-0.25, -0.2) is 5.43 Å². The van der Waals surface area contributed by atoms with Crippen LogP contribution in [-0.4, -0.2) is 23.0 Å². The number of benzene rings is 4. The van der Waals surface area contributed by atoms with Crippen LogP contribution in [0.1, 0.15) is 44.8 Å². The Bertz CT molecular complexity index is 1650. The highest BCUT2D eigenvalue weighted by atomic mass is 16.2. The monoisotopic (exact) mass is 458 g/mol. The molecule has 5 aromatic rings. The van der Waals surface area contributed by atoms with Crippen LogP contribution in [0.3, 0.4) is 0 Å². The number of fused-ring (bicyclic) bond motifs is 1. The van der Waals surface area contributed by atoms with Gasteiger partial charge in [-0.3, -0.25) is 9.59 Å². The van der Waals surface area contributed by atoms with Crippen LogP contribution >= 0.6 is 0 Å². The number of aromatic amines is 1. The number of hydrogen-bond donors (Lipinski definition) is 3. The molecule has 0 radical (unpaired) electrons. The maximum atomic E-state index is 13.4. The van der Waals surface area contributed by atoms with Gasteiger partial charge >= 0.3 is 0 Å². The van der Waals surface area contributed by atoms with Gasteiger partial charge in [0, 0.05) is 22.0 Å². The number of aromatic nitrogens is 1. The van der Waals surface area contributed by atoms with Gasteiger partial charge in [-0.2, -0.15) is 5.10 Å². The highest BCUT2D eigenvalue weighted by Crippen LogP contribution is 2.33. The Morgan fingerprint density at radius 3 is 2.57 bits per heavy atom. The van der Waals surface area contributed by atoms with Crippen molar-refractivity contribution >= 4 is 39.7 Å². The third-order valence-electron chi connectivity index (χ3n) is 6.50. The first-order valence-corrected chi connectivity index (χ1v) is 11.5. The number of rotatable bonds is 4. The van der Waals surface area contributed by atoms with Gasteiger partial charge in [-0.1, -0.05) is 72.8 Å².